The van der Waals surface area contributed by atoms with Crippen LogP contribution in [0, 0.1) is 0 Å². The van der Waals surface area contributed by atoms with Crippen molar-refractivity contribution < 1.29 is 4.79 Å². The number of aromatic nitrogens is 3. The minimum absolute atomic E-state index is 0.133. The predicted molar refractivity (Wildman–Crippen MR) is 114 cm³/mol. The lowest BCUT2D eigenvalue weighted by atomic mass is 9.90. The quantitative estimate of drug-likeness (QED) is 0.398. The van der Waals surface area contributed by atoms with Crippen molar-refractivity contribution in [3.05, 3.63) is 64.2 Å². The van der Waals surface area contributed by atoms with Crippen molar-refractivity contribution in [3.63, 3.8) is 0 Å². The molecule has 1 aliphatic carbocycles. The summed E-state index contributed by atoms with van der Waals surface area (Å²) in [6.45, 7) is 2.77. The van der Waals surface area contributed by atoms with Crippen LogP contribution in [-0.4, -0.2) is 26.3 Å². The van der Waals surface area contributed by atoms with Crippen molar-refractivity contribution >= 4 is 29.1 Å². The Kier molecular flexibility index (Phi) is 5.83. The SMILES string of the molecule is CCn1c(SCC(=O)c2ccc3c(c2)CCCC3)nnc1-c1cccc(Cl)c1. The Morgan fingerprint density at radius 1 is 1.11 bits per heavy atom. The third kappa shape index (κ3) is 4.01. The molecule has 2 aromatic carbocycles. The van der Waals surface area contributed by atoms with E-state index in [9.17, 15) is 4.79 Å². The normalized spacial score (nSPS) is 13.4. The molecule has 4 nitrogen and oxygen atoms in total. The van der Waals surface area contributed by atoms with E-state index in [1.807, 2.05) is 41.8 Å². The average molecular weight is 412 g/mol. The number of Topliss-reactive ketones (excluding diaryl/α,β-unsaturated/α-hetero) is 1. The van der Waals surface area contributed by atoms with Gasteiger partial charge in [0.15, 0.2) is 16.8 Å². The molecule has 0 bridgehead atoms. The van der Waals surface area contributed by atoms with Gasteiger partial charge in [-0.3, -0.25) is 4.79 Å². The number of hydrogen-bond donors (Lipinski definition) is 0. The summed E-state index contributed by atoms with van der Waals surface area (Å²) in [5.41, 5.74) is 4.45. The third-order valence-corrected chi connectivity index (χ3v) is 6.32. The van der Waals surface area contributed by atoms with E-state index in [2.05, 4.69) is 22.3 Å². The van der Waals surface area contributed by atoms with Crippen LogP contribution in [0.4, 0.5) is 0 Å². The molecule has 1 aliphatic rings. The van der Waals surface area contributed by atoms with E-state index in [-0.39, 0.29) is 5.78 Å². The molecule has 1 aromatic heterocycles. The van der Waals surface area contributed by atoms with Gasteiger partial charge >= 0.3 is 0 Å². The summed E-state index contributed by atoms with van der Waals surface area (Å²) >= 11 is 7.55. The number of aryl methyl sites for hydroxylation is 2. The highest BCUT2D eigenvalue weighted by molar-refractivity contribution is 7.99. The number of carbonyl (C=O) groups is 1. The van der Waals surface area contributed by atoms with Gasteiger partial charge in [0.2, 0.25) is 0 Å². The Morgan fingerprint density at radius 2 is 1.93 bits per heavy atom. The van der Waals surface area contributed by atoms with Gasteiger partial charge in [0.05, 0.1) is 5.75 Å². The van der Waals surface area contributed by atoms with Gasteiger partial charge in [-0.15, -0.1) is 10.2 Å². The van der Waals surface area contributed by atoms with Gasteiger partial charge < -0.3 is 4.57 Å². The first-order valence-electron chi connectivity index (χ1n) is 9.62. The molecule has 0 fully saturated rings. The van der Waals surface area contributed by atoms with Crippen molar-refractivity contribution in [2.45, 2.75) is 44.3 Å². The fourth-order valence-electron chi connectivity index (χ4n) is 3.64. The Balaban J connectivity index is 1.50. The van der Waals surface area contributed by atoms with Gasteiger partial charge in [-0.2, -0.15) is 0 Å². The summed E-state index contributed by atoms with van der Waals surface area (Å²) < 4.78 is 2.02. The molecule has 4 rings (SSSR count). The van der Waals surface area contributed by atoms with Crippen LogP contribution in [0.1, 0.15) is 41.3 Å². The first-order valence-corrected chi connectivity index (χ1v) is 11.0. The van der Waals surface area contributed by atoms with Crippen LogP contribution in [0.25, 0.3) is 11.4 Å². The van der Waals surface area contributed by atoms with Crippen molar-refractivity contribution in [2.24, 2.45) is 0 Å². The van der Waals surface area contributed by atoms with Gasteiger partial charge in [0, 0.05) is 22.7 Å². The molecule has 3 aromatic rings. The fraction of sp³-hybridized carbons (Fsp3) is 0.318. The lowest BCUT2D eigenvalue weighted by Crippen LogP contribution is -2.08. The molecule has 0 atom stereocenters. The molecule has 0 spiro atoms. The number of fused-ring (bicyclic) bond motifs is 1. The smallest absolute Gasteiger partial charge is 0.191 e. The number of rotatable bonds is 6. The maximum atomic E-state index is 12.7. The van der Waals surface area contributed by atoms with Crippen molar-refractivity contribution in [1.82, 2.24) is 14.8 Å². The predicted octanol–water partition coefficient (Wildman–Crippen LogP) is 5.47. The number of thioether (sulfide) groups is 1. The Hall–Kier alpha value is -2.11. The maximum Gasteiger partial charge on any atom is 0.191 e. The maximum absolute atomic E-state index is 12.7. The topological polar surface area (TPSA) is 47.8 Å². The zero-order chi connectivity index (χ0) is 19.5. The van der Waals surface area contributed by atoms with E-state index in [0.717, 1.165) is 41.5 Å². The van der Waals surface area contributed by atoms with Crippen LogP contribution < -0.4 is 0 Å². The third-order valence-electron chi connectivity index (χ3n) is 5.12. The molecule has 0 saturated carbocycles. The number of carbonyl (C=O) groups excluding carboxylic acids is 1. The molecule has 0 unspecified atom stereocenters. The molecule has 1 heterocycles. The van der Waals surface area contributed by atoms with Gasteiger partial charge in [0.1, 0.15) is 0 Å². The standard InChI is InChI=1S/C22H22ClN3OS/c1-2-26-21(18-8-5-9-19(23)13-18)24-25-22(26)28-14-20(27)17-11-10-15-6-3-4-7-16(15)12-17/h5,8-13H,2-4,6-7,14H2,1H3. The minimum Gasteiger partial charge on any atom is -0.302 e. The minimum atomic E-state index is 0.133. The molecular formula is C22H22ClN3OS. The summed E-state index contributed by atoms with van der Waals surface area (Å²) in [5.74, 6) is 1.26. The van der Waals surface area contributed by atoms with Crippen LogP contribution in [0.2, 0.25) is 5.02 Å². The summed E-state index contributed by atoms with van der Waals surface area (Å²) in [7, 11) is 0. The van der Waals surface area contributed by atoms with E-state index in [0.29, 0.717) is 10.8 Å². The van der Waals surface area contributed by atoms with E-state index in [4.69, 9.17) is 11.6 Å². The second-order valence-corrected chi connectivity index (χ2v) is 8.34. The summed E-state index contributed by atoms with van der Waals surface area (Å²) in [6, 6.07) is 13.8. The van der Waals surface area contributed by atoms with Gasteiger partial charge in [-0.05, 0) is 61.9 Å². The molecule has 0 radical (unpaired) electrons. The molecule has 0 saturated heterocycles. The molecular weight excluding hydrogens is 390 g/mol. The van der Waals surface area contributed by atoms with Gasteiger partial charge in [-0.25, -0.2) is 0 Å². The monoisotopic (exact) mass is 411 g/mol. The summed E-state index contributed by atoms with van der Waals surface area (Å²) in [6.07, 6.45) is 4.67. The summed E-state index contributed by atoms with van der Waals surface area (Å²) in [4.78, 5) is 12.7. The highest BCUT2D eigenvalue weighted by Crippen LogP contribution is 2.27. The molecule has 28 heavy (non-hydrogen) atoms. The zero-order valence-electron chi connectivity index (χ0n) is 15.8. The van der Waals surface area contributed by atoms with E-state index >= 15 is 0 Å². The lowest BCUT2D eigenvalue weighted by Gasteiger charge is -2.16. The first kappa shape index (κ1) is 19.2. The first-order chi connectivity index (χ1) is 13.7. The average Bonchev–Trinajstić information content (AvgIpc) is 3.14. The second kappa shape index (κ2) is 8.50. The molecule has 0 N–H and O–H groups in total. The Bertz CT molecular complexity index is 1010. The largest absolute Gasteiger partial charge is 0.302 e. The fourth-order valence-corrected chi connectivity index (χ4v) is 4.73. The highest BCUT2D eigenvalue weighted by atomic mass is 35.5. The molecule has 0 aliphatic heterocycles. The highest BCUT2D eigenvalue weighted by Gasteiger charge is 2.17. The summed E-state index contributed by atoms with van der Waals surface area (Å²) in [5, 5.41) is 10.1. The van der Waals surface area contributed by atoms with E-state index in [1.165, 1.54) is 35.7 Å². The Labute approximate surface area is 174 Å². The van der Waals surface area contributed by atoms with Crippen LogP contribution in [-0.2, 0) is 19.4 Å². The number of benzene rings is 2. The van der Waals surface area contributed by atoms with Crippen LogP contribution >= 0.6 is 23.4 Å². The van der Waals surface area contributed by atoms with Crippen LogP contribution in [0.5, 0.6) is 0 Å². The van der Waals surface area contributed by atoms with Crippen LogP contribution in [0.3, 0.4) is 0 Å². The van der Waals surface area contributed by atoms with E-state index in [1.54, 1.807) is 0 Å². The number of halogens is 1. The molecule has 6 heteroatoms. The second-order valence-electron chi connectivity index (χ2n) is 6.96. The zero-order valence-corrected chi connectivity index (χ0v) is 17.4. The van der Waals surface area contributed by atoms with Crippen LogP contribution in [0.15, 0.2) is 47.6 Å². The van der Waals surface area contributed by atoms with Gasteiger partial charge in [-0.1, -0.05) is 47.6 Å². The van der Waals surface area contributed by atoms with Crippen molar-refractivity contribution in [2.75, 3.05) is 5.75 Å². The number of ketones is 1. The lowest BCUT2D eigenvalue weighted by molar-refractivity contribution is 0.102. The van der Waals surface area contributed by atoms with Crippen molar-refractivity contribution in [3.8, 4) is 11.4 Å². The number of nitrogens with zero attached hydrogens (tertiary/aromatic N) is 3. The number of hydrogen-bond acceptors (Lipinski definition) is 4. The molecule has 0 amide bonds. The van der Waals surface area contributed by atoms with E-state index < -0.39 is 0 Å². The Morgan fingerprint density at radius 3 is 2.71 bits per heavy atom. The van der Waals surface area contributed by atoms with Gasteiger partial charge in [0.25, 0.3) is 0 Å². The molecule has 144 valence electrons. The van der Waals surface area contributed by atoms with Crippen molar-refractivity contribution in [1.29, 1.82) is 0 Å².